The fraction of sp³-hybridized carbons (Fsp3) is 0.160. The number of sulfone groups is 1. The minimum atomic E-state index is -3.29. The molecule has 1 heterocycles. The van der Waals surface area contributed by atoms with Crippen LogP contribution in [-0.4, -0.2) is 19.7 Å². The third kappa shape index (κ3) is 5.09. The van der Waals surface area contributed by atoms with Crippen LogP contribution in [0.25, 0.3) is 22.6 Å². The van der Waals surface area contributed by atoms with Crippen molar-refractivity contribution in [1.82, 2.24) is 4.98 Å². The Morgan fingerprint density at radius 2 is 1.48 bits per heavy atom. The highest BCUT2D eigenvalue weighted by atomic mass is 32.2. The first-order valence-electron chi connectivity index (χ1n) is 10.0. The molecule has 158 valence electrons. The van der Waals surface area contributed by atoms with Gasteiger partial charge < -0.3 is 4.42 Å². The maximum Gasteiger partial charge on any atom is 0.195 e. The highest BCUT2D eigenvalue weighted by Crippen LogP contribution is 2.33. The molecule has 0 bridgehead atoms. The van der Waals surface area contributed by atoms with Crippen LogP contribution in [0.2, 0.25) is 0 Å². The Bertz CT molecular complexity index is 1260. The van der Waals surface area contributed by atoms with Gasteiger partial charge in [-0.2, -0.15) is 0 Å². The first kappa shape index (κ1) is 21.0. The summed E-state index contributed by atoms with van der Waals surface area (Å²) in [5, 5.41) is 0. The average molecular weight is 436 g/mol. The summed E-state index contributed by atoms with van der Waals surface area (Å²) in [5.74, 6) is 0.813. The summed E-state index contributed by atoms with van der Waals surface area (Å²) in [6.07, 6.45) is 3.61. The zero-order chi connectivity index (χ0) is 21.8. The summed E-state index contributed by atoms with van der Waals surface area (Å²) in [5.41, 5.74) is 3.32. The van der Waals surface area contributed by atoms with E-state index in [9.17, 15) is 12.8 Å². The molecule has 0 radical (unpaired) electrons. The zero-order valence-electron chi connectivity index (χ0n) is 17.1. The van der Waals surface area contributed by atoms with Gasteiger partial charge in [0.25, 0.3) is 0 Å². The van der Waals surface area contributed by atoms with E-state index in [1.165, 1.54) is 24.0 Å². The molecule has 6 heteroatoms. The quantitative estimate of drug-likeness (QED) is 0.372. The second-order valence-corrected chi connectivity index (χ2v) is 9.44. The van der Waals surface area contributed by atoms with Gasteiger partial charge in [-0.05, 0) is 66.9 Å². The number of aromatic nitrogens is 1. The molecule has 0 aliphatic heterocycles. The summed E-state index contributed by atoms with van der Waals surface area (Å²) in [6, 6.07) is 22.8. The number of nitrogens with zero attached hydrogens (tertiary/aromatic N) is 1. The lowest BCUT2D eigenvalue weighted by Crippen LogP contribution is -1.96. The molecule has 0 amide bonds. The van der Waals surface area contributed by atoms with Crippen molar-refractivity contribution in [3.05, 3.63) is 96.1 Å². The van der Waals surface area contributed by atoms with E-state index in [2.05, 4.69) is 17.1 Å². The lowest BCUT2D eigenvalue weighted by molar-refractivity contribution is 0.498. The number of benzene rings is 3. The van der Waals surface area contributed by atoms with Crippen molar-refractivity contribution >= 4 is 9.84 Å². The number of hydrogen-bond acceptors (Lipinski definition) is 4. The van der Waals surface area contributed by atoms with E-state index in [0.29, 0.717) is 29.3 Å². The van der Waals surface area contributed by atoms with Gasteiger partial charge in [0.1, 0.15) is 11.5 Å². The Hall–Kier alpha value is -3.25. The lowest BCUT2D eigenvalue weighted by atomic mass is 10.1. The van der Waals surface area contributed by atoms with Crippen LogP contribution >= 0.6 is 0 Å². The molecule has 0 saturated carbocycles. The van der Waals surface area contributed by atoms with Crippen molar-refractivity contribution in [2.75, 3.05) is 6.26 Å². The Kier molecular flexibility index (Phi) is 6.00. The molecule has 3 aromatic carbocycles. The van der Waals surface area contributed by atoms with E-state index in [1.807, 2.05) is 18.2 Å². The van der Waals surface area contributed by atoms with Gasteiger partial charge >= 0.3 is 0 Å². The Morgan fingerprint density at radius 3 is 2.13 bits per heavy atom. The van der Waals surface area contributed by atoms with Crippen molar-refractivity contribution in [2.24, 2.45) is 0 Å². The maximum atomic E-state index is 13.4. The number of aryl methyl sites for hydroxylation is 2. The van der Waals surface area contributed by atoms with Gasteiger partial charge in [0.05, 0.1) is 4.90 Å². The summed E-state index contributed by atoms with van der Waals surface area (Å²) in [4.78, 5) is 4.92. The van der Waals surface area contributed by atoms with E-state index in [4.69, 9.17) is 4.42 Å². The molecule has 0 saturated heterocycles. The fourth-order valence-corrected chi connectivity index (χ4v) is 4.04. The van der Waals surface area contributed by atoms with Gasteiger partial charge in [-0.1, -0.05) is 30.3 Å². The SMILES string of the molecule is CS(=O)(=O)c1ccc(-c2oc(CCCc3ccccc3)nc2-c2ccc(F)cc2)cc1. The first-order chi connectivity index (χ1) is 14.9. The van der Waals surface area contributed by atoms with Crippen LogP contribution in [-0.2, 0) is 22.7 Å². The van der Waals surface area contributed by atoms with Crippen molar-refractivity contribution < 1.29 is 17.2 Å². The van der Waals surface area contributed by atoms with Gasteiger partial charge in [-0.15, -0.1) is 0 Å². The molecule has 31 heavy (non-hydrogen) atoms. The molecule has 0 unspecified atom stereocenters. The van der Waals surface area contributed by atoms with Crippen LogP contribution in [0.4, 0.5) is 4.39 Å². The molecule has 4 rings (SSSR count). The summed E-state index contributed by atoms with van der Waals surface area (Å²) >= 11 is 0. The molecule has 0 aliphatic carbocycles. The highest BCUT2D eigenvalue weighted by Gasteiger charge is 2.18. The third-order valence-corrected chi connectivity index (χ3v) is 6.16. The van der Waals surface area contributed by atoms with Gasteiger partial charge in [0.2, 0.25) is 0 Å². The Morgan fingerprint density at radius 1 is 0.839 bits per heavy atom. The summed E-state index contributed by atoms with van der Waals surface area (Å²) in [7, 11) is -3.29. The first-order valence-corrected chi connectivity index (χ1v) is 11.9. The van der Waals surface area contributed by atoms with E-state index in [0.717, 1.165) is 18.4 Å². The number of oxazole rings is 1. The van der Waals surface area contributed by atoms with Crippen LogP contribution in [0.1, 0.15) is 17.9 Å². The molecule has 1 aromatic heterocycles. The molecular weight excluding hydrogens is 413 g/mol. The van der Waals surface area contributed by atoms with Crippen LogP contribution in [0.5, 0.6) is 0 Å². The molecular formula is C25H22FNO3S. The summed E-state index contributed by atoms with van der Waals surface area (Å²) < 4.78 is 43.0. The topological polar surface area (TPSA) is 60.2 Å². The second-order valence-electron chi connectivity index (χ2n) is 7.43. The third-order valence-electron chi connectivity index (χ3n) is 5.03. The smallest absolute Gasteiger partial charge is 0.195 e. The fourth-order valence-electron chi connectivity index (χ4n) is 3.41. The van der Waals surface area contributed by atoms with Gasteiger partial charge in [-0.25, -0.2) is 17.8 Å². The largest absolute Gasteiger partial charge is 0.440 e. The van der Waals surface area contributed by atoms with Crippen molar-refractivity contribution in [2.45, 2.75) is 24.2 Å². The minimum absolute atomic E-state index is 0.238. The minimum Gasteiger partial charge on any atom is -0.440 e. The summed E-state index contributed by atoms with van der Waals surface area (Å²) in [6.45, 7) is 0. The van der Waals surface area contributed by atoms with Gasteiger partial charge in [-0.3, -0.25) is 0 Å². The standard InChI is InChI=1S/C25H22FNO3S/c1-31(28,29)22-16-12-20(13-17-22)25-24(19-10-14-21(26)15-11-19)27-23(30-25)9-5-8-18-6-3-2-4-7-18/h2-4,6-7,10-17H,5,8-9H2,1H3. The van der Waals surface area contributed by atoms with Crippen molar-refractivity contribution in [3.8, 4) is 22.6 Å². The number of halogens is 1. The van der Waals surface area contributed by atoms with Gasteiger partial charge in [0, 0.05) is 23.8 Å². The van der Waals surface area contributed by atoms with Crippen LogP contribution in [0, 0.1) is 5.82 Å². The molecule has 0 spiro atoms. The van der Waals surface area contributed by atoms with E-state index in [-0.39, 0.29) is 10.7 Å². The number of hydrogen-bond donors (Lipinski definition) is 0. The van der Waals surface area contributed by atoms with Crippen LogP contribution in [0.15, 0.2) is 88.2 Å². The molecule has 0 atom stereocenters. The van der Waals surface area contributed by atoms with E-state index < -0.39 is 9.84 Å². The zero-order valence-corrected chi connectivity index (χ0v) is 17.9. The average Bonchev–Trinajstić information content (AvgIpc) is 3.19. The Balaban J connectivity index is 1.64. The van der Waals surface area contributed by atoms with Crippen LogP contribution in [0.3, 0.4) is 0 Å². The second kappa shape index (κ2) is 8.86. The Labute approximate surface area is 181 Å². The lowest BCUT2D eigenvalue weighted by Gasteiger charge is -2.03. The van der Waals surface area contributed by atoms with Gasteiger partial charge in [0.15, 0.2) is 21.5 Å². The number of rotatable bonds is 7. The normalized spacial score (nSPS) is 11.5. The molecule has 0 aliphatic rings. The van der Waals surface area contributed by atoms with Crippen LogP contribution < -0.4 is 0 Å². The predicted octanol–water partition coefficient (Wildman–Crippen LogP) is 5.73. The maximum absolute atomic E-state index is 13.4. The predicted molar refractivity (Wildman–Crippen MR) is 119 cm³/mol. The van der Waals surface area contributed by atoms with Crippen molar-refractivity contribution in [3.63, 3.8) is 0 Å². The monoisotopic (exact) mass is 435 g/mol. The molecule has 0 N–H and O–H groups in total. The van der Waals surface area contributed by atoms with E-state index in [1.54, 1.807) is 36.4 Å². The molecule has 4 nitrogen and oxygen atoms in total. The molecule has 4 aromatic rings. The highest BCUT2D eigenvalue weighted by molar-refractivity contribution is 7.90. The molecule has 0 fully saturated rings. The van der Waals surface area contributed by atoms with Crippen molar-refractivity contribution in [1.29, 1.82) is 0 Å². The van der Waals surface area contributed by atoms with E-state index >= 15 is 0 Å².